The Hall–Kier alpha value is -1.79. The minimum Gasteiger partial charge on any atom is -0.424 e. The third-order valence-electron chi connectivity index (χ3n) is 2.93. The highest BCUT2D eigenvalue weighted by atomic mass is 31.2. The second kappa shape index (κ2) is 6.61. The zero-order chi connectivity index (χ0) is 18.1. The lowest BCUT2D eigenvalue weighted by molar-refractivity contribution is -0.136. The number of halogens is 3. The van der Waals surface area contributed by atoms with Crippen LogP contribution in [0.3, 0.4) is 0 Å². The van der Waals surface area contributed by atoms with Crippen LogP contribution in [0.5, 0.6) is 5.75 Å². The molecule has 0 bridgehead atoms. The van der Waals surface area contributed by atoms with Crippen molar-refractivity contribution in [1.82, 2.24) is 0 Å². The molecule has 0 aliphatic carbocycles. The Balaban J connectivity index is 2.39. The second-order valence-electron chi connectivity index (χ2n) is 5.69. The van der Waals surface area contributed by atoms with Gasteiger partial charge >= 0.3 is 19.4 Å². The molecule has 0 aliphatic rings. The summed E-state index contributed by atoms with van der Waals surface area (Å²) in [5.74, 6) is 0.116. The fourth-order valence-electron chi connectivity index (χ4n) is 1.94. The number of alkyl halides is 3. The van der Waals surface area contributed by atoms with E-state index < -0.39 is 25.0 Å². The predicted molar refractivity (Wildman–Crippen MR) is 82.4 cm³/mol. The lowest BCUT2D eigenvalue weighted by Gasteiger charge is -2.17. The van der Waals surface area contributed by atoms with Crippen molar-refractivity contribution in [2.45, 2.75) is 20.0 Å². The van der Waals surface area contributed by atoms with Crippen molar-refractivity contribution in [3.05, 3.63) is 40.2 Å². The summed E-state index contributed by atoms with van der Waals surface area (Å²) in [7, 11) is -3.44. The average molecular weight is 364 g/mol. The van der Waals surface area contributed by atoms with Gasteiger partial charge in [-0.15, -0.1) is 0 Å². The van der Waals surface area contributed by atoms with E-state index in [1.807, 2.05) is 13.8 Å². The quantitative estimate of drug-likeness (QED) is 0.569. The van der Waals surface area contributed by atoms with Gasteiger partial charge in [0.15, 0.2) is 0 Å². The van der Waals surface area contributed by atoms with Gasteiger partial charge in [-0.2, -0.15) is 13.2 Å². The molecule has 0 amide bonds. The molecular weight excluding hydrogens is 348 g/mol. The summed E-state index contributed by atoms with van der Waals surface area (Å²) >= 11 is 0. The molecule has 1 heterocycles. The SMILES string of the molecule is CC(C)COP(C)(=O)Oc1ccc2c(C(F)(F)F)cc(=O)oc2c1. The molecule has 1 aromatic heterocycles. The molecule has 24 heavy (non-hydrogen) atoms. The van der Waals surface area contributed by atoms with Crippen molar-refractivity contribution in [2.75, 3.05) is 13.3 Å². The molecular formula is C15H16F3O5P. The van der Waals surface area contributed by atoms with Crippen LogP contribution in [0.1, 0.15) is 19.4 Å². The molecule has 0 N–H and O–H groups in total. The third kappa shape index (κ3) is 4.61. The maximum atomic E-state index is 13.0. The van der Waals surface area contributed by atoms with Crippen LogP contribution in [-0.4, -0.2) is 13.3 Å². The number of benzene rings is 1. The van der Waals surface area contributed by atoms with Gasteiger partial charge in [-0.05, 0) is 18.1 Å². The molecule has 2 aromatic rings. The van der Waals surface area contributed by atoms with E-state index in [0.717, 1.165) is 12.1 Å². The van der Waals surface area contributed by atoms with Crippen molar-refractivity contribution in [2.24, 2.45) is 5.92 Å². The summed E-state index contributed by atoms with van der Waals surface area (Å²) in [6, 6.07) is 3.78. The maximum absolute atomic E-state index is 13.0. The van der Waals surface area contributed by atoms with Gasteiger partial charge in [0.1, 0.15) is 11.3 Å². The molecule has 2 rings (SSSR count). The Morgan fingerprint density at radius 2 is 1.92 bits per heavy atom. The summed E-state index contributed by atoms with van der Waals surface area (Å²) in [6.45, 7) is 5.18. The van der Waals surface area contributed by atoms with Crippen LogP contribution < -0.4 is 10.1 Å². The normalized spacial score (nSPS) is 14.8. The second-order valence-corrected chi connectivity index (χ2v) is 7.67. The smallest absolute Gasteiger partial charge is 0.417 e. The molecule has 9 heteroatoms. The van der Waals surface area contributed by atoms with Gasteiger partial charge in [0.25, 0.3) is 0 Å². The Morgan fingerprint density at radius 1 is 1.25 bits per heavy atom. The van der Waals surface area contributed by atoms with Crippen LogP contribution in [-0.2, 0) is 15.3 Å². The van der Waals surface area contributed by atoms with Gasteiger partial charge in [-0.3, -0.25) is 4.52 Å². The first-order chi connectivity index (χ1) is 11.0. The summed E-state index contributed by atoms with van der Waals surface area (Å²) in [6.07, 6.45) is -4.70. The highest BCUT2D eigenvalue weighted by molar-refractivity contribution is 7.53. The van der Waals surface area contributed by atoms with Crippen LogP contribution in [0.2, 0.25) is 0 Å². The van der Waals surface area contributed by atoms with Crippen molar-refractivity contribution < 1.29 is 31.2 Å². The van der Waals surface area contributed by atoms with E-state index in [1.165, 1.54) is 12.7 Å². The maximum Gasteiger partial charge on any atom is 0.417 e. The van der Waals surface area contributed by atoms with Gasteiger partial charge in [0.05, 0.1) is 12.2 Å². The van der Waals surface area contributed by atoms with Crippen LogP contribution in [0.15, 0.2) is 33.5 Å². The Kier molecular flexibility index (Phi) is 5.11. The van der Waals surface area contributed by atoms with E-state index in [1.54, 1.807) is 0 Å². The molecule has 0 aliphatic heterocycles. The van der Waals surface area contributed by atoms with Crippen LogP contribution in [0, 0.1) is 5.92 Å². The van der Waals surface area contributed by atoms with Crippen molar-refractivity contribution in [3.8, 4) is 5.75 Å². The van der Waals surface area contributed by atoms with E-state index in [-0.39, 0.29) is 29.2 Å². The summed E-state index contributed by atoms with van der Waals surface area (Å²) in [5, 5.41) is -0.288. The van der Waals surface area contributed by atoms with Crippen molar-refractivity contribution >= 4 is 18.6 Å². The first-order valence-corrected chi connectivity index (χ1v) is 9.04. The topological polar surface area (TPSA) is 65.7 Å². The van der Waals surface area contributed by atoms with E-state index >= 15 is 0 Å². The molecule has 0 saturated heterocycles. The monoisotopic (exact) mass is 364 g/mol. The number of hydrogen-bond donors (Lipinski definition) is 0. The van der Waals surface area contributed by atoms with Gasteiger partial charge < -0.3 is 8.94 Å². The van der Waals surface area contributed by atoms with E-state index in [9.17, 15) is 22.5 Å². The molecule has 5 nitrogen and oxygen atoms in total. The van der Waals surface area contributed by atoms with E-state index in [4.69, 9.17) is 13.5 Å². The molecule has 1 unspecified atom stereocenters. The minimum atomic E-state index is -4.70. The Bertz CT molecular complexity index is 841. The van der Waals surface area contributed by atoms with E-state index in [2.05, 4.69) is 0 Å². The van der Waals surface area contributed by atoms with Crippen LogP contribution in [0.4, 0.5) is 13.2 Å². The zero-order valence-electron chi connectivity index (χ0n) is 13.2. The van der Waals surface area contributed by atoms with Crippen molar-refractivity contribution in [1.29, 1.82) is 0 Å². The first-order valence-electron chi connectivity index (χ1n) is 7.05. The molecule has 0 radical (unpaired) electrons. The number of fused-ring (bicyclic) bond motifs is 1. The van der Waals surface area contributed by atoms with Gasteiger partial charge in [-0.1, -0.05) is 13.8 Å². The molecule has 0 spiro atoms. The highest BCUT2D eigenvalue weighted by Crippen LogP contribution is 2.45. The van der Waals surface area contributed by atoms with E-state index in [0.29, 0.717) is 6.07 Å². The standard InChI is InChI=1S/C15H16F3O5P/c1-9(2)8-21-24(3,20)23-10-4-5-11-12(15(16,17)18)7-14(19)22-13(11)6-10/h4-7,9H,8H2,1-3H3. The lowest BCUT2D eigenvalue weighted by atomic mass is 10.1. The van der Waals surface area contributed by atoms with Crippen LogP contribution in [0.25, 0.3) is 11.0 Å². The molecule has 1 atom stereocenters. The molecule has 1 aromatic carbocycles. The summed E-state index contributed by atoms with van der Waals surface area (Å²) < 4.78 is 66.3. The number of rotatable bonds is 5. The van der Waals surface area contributed by atoms with Crippen LogP contribution >= 0.6 is 7.60 Å². The zero-order valence-corrected chi connectivity index (χ0v) is 14.1. The Labute approximate surface area is 135 Å². The van der Waals surface area contributed by atoms with Gasteiger partial charge in [0, 0.05) is 24.2 Å². The third-order valence-corrected chi connectivity index (χ3v) is 4.10. The predicted octanol–water partition coefficient (Wildman–Crippen LogP) is 4.69. The minimum absolute atomic E-state index is 0.0143. The van der Waals surface area contributed by atoms with Gasteiger partial charge in [-0.25, -0.2) is 9.36 Å². The average Bonchev–Trinajstić information content (AvgIpc) is 2.42. The largest absolute Gasteiger partial charge is 0.424 e. The number of hydrogen-bond acceptors (Lipinski definition) is 5. The van der Waals surface area contributed by atoms with Gasteiger partial charge in [0.2, 0.25) is 0 Å². The highest BCUT2D eigenvalue weighted by Gasteiger charge is 2.34. The lowest BCUT2D eigenvalue weighted by Crippen LogP contribution is -2.11. The Morgan fingerprint density at radius 3 is 2.50 bits per heavy atom. The molecule has 0 fully saturated rings. The summed E-state index contributed by atoms with van der Waals surface area (Å²) in [5.41, 5.74) is -2.55. The molecule has 132 valence electrons. The fourth-order valence-corrected chi connectivity index (χ4v) is 3.05. The molecule has 0 saturated carbocycles. The first kappa shape index (κ1) is 18.5. The van der Waals surface area contributed by atoms with Crippen molar-refractivity contribution in [3.63, 3.8) is 0 Å². The fraction of sp³-hybridized carbons (Fsp3) is 0.400. The summed E-state index contributed by atoms with van der Waals surface area (Å²) in [4.78, 5) is 11.3.